The predicted octanol–water partition coefficient (Wildman–Crippen LogP) is 4.51. The van der Waals surface area contributed by atoms with Gasteiger partial charge < -0.3 is 14.8 Å². The first-order valence-corrected chi connectivity index (χ1v) is 9.06. The van der Waals surface area contributed by atoms with Gasteiger partial charge >= 0.3 is 12.1 Å². The minimum atomic E-state index is -4.73. The van der Waals surface area contributed by atoms with Gasteiger partial charge in [0.15, 0.2) is 19.0 Å². The average molecular weight is 444 g/mol. The highest BCUT2D eigenvalue weighted by Gasteiger charge is 2.34. The van der Waals surface area contributed by atoms with E-state index in [9.17, 15) is 27.6 Å². The molecule has 0 atom stereocenters. The lowest BCUT2D eigenvalue weighted by atomic mass is 10.1. The van der Waals surface area contributed by atoms with Gasteiger partial charge in [0, 0.05) is 17.0 Å². The number of rotatable bonds is 8. The van der Waals surface area contributed by atoms with Crippen molar-refractivity contribution in [3.63, 3.8) is 0 Å². The normalized spacial score (nSPS) is 11.0. The van der Waals surface area contributed by atoms with Gasteiger partial charge in [-0.2, -0.15) is 13.2 Å². The number of esters is 1. The predicted molar refractivity (Wildman–Crippen MR) is 103 cm³/mol. The molecule has 0 bridgehead atoms. The number of benzene rings is 2. The number of anilines is 1. The first kappa shape index (κ1) is 23.2. The summed E-state index contributed by atoms with van der Waals surface area (Å²) in [5.74, 6) is -1.59. The van der Waals surface area contributed by atoms with Gasteiger partial charge in [0.05, 0.1) is 11.3 Å². The summed E-state index contributed by atoms with van der Waals surface area (Å²) in [4.78, 5) is 35.1. The number of carbonyl (C=O) groups excluding carboxylic acids is 3. The van der Waals surface area contributed by atoms with Crippen LogP contribution in [0.1, 0.15) is 29.3 Å². The van der Waals surface area contributed by atoms with Crippen LogP contribution in [0.15, 0.2) is 42.5 Å². The van der Waals surface area contributed by atoms with Crippen molar-refractivity contribution >= 4 is 34.9 Å². The van der Waals surface area contributed by atoms with E-state index in [4.69, 9.17) is 16.3 Å². The van der Waals surface area contributed by atoms with Crippen LogP contribution in [0.3, 0.4) is 0 Å². The van der Waals surface area contributed by atoms with E-state index < -0.39 is 42.5 Å². The first-order valence-electron chi connectivity index (χ1n) is 8.68. The smallest absolute Gasteiger partial charge is 0.418 e. The van der Waals surface area contributed by atoms with E-state index in [-0.39, 0.29) is 10.8 Å². The number of hydrogen-bond acceptors (Lipinski definition) is 5. The minimum absolute atomic E-state index is 0.0404. The molecule has 0 unspecified atom stereocenters. The second-order valence-electron chi connectivity index (χ2n) is 5.99. The van der Waals surface area contributed by atoms with Crippen molar-refractivity contribution in [2.45, 2.75) is 19.5 Å². The third-order valence-electron chi connectivity index (χ3n) is 3.78. The van der Waals surface area contributed by atoms with E-state index in [1.165, 1.54) is 18.2 Å². The Morgan fingerprint density at radius 3 is 2.30 bits per heavy atom. The Morgan fingerprint density at radius 2 is 1.70 bits per heavy atom. The van der Waals surface area contributed by atoms with Gasteiger partial charge in [0.1, 0.15) is 5.75 Å². The SMILES string of the molecule is CCC(=O)c1ccc(OCC(=O)OCC(=O)Nc2ccc(Cl)cc2C(F)(F)F)cc1. The largest absolute Gasteiger partial charge is 0.482 e. The molecule has 0 aromatic heterocycles. The molecule has 0 radical (unpaired) electrons. The molecule has 0 saturated carbocycles. The molecule has 6 nitrogen and oxygen atoms in total. The van der Waals surface area contributed by atoms with Gasteiger partial charge in [-0.1, -0.05) is 18.5 Å². The van der Waals surface area contributed by atoms with Gasteiger partial charge in [-0.15, -0.1) is 0 Å². The summed E-state index contributed by atoms with van der Waals surface area (Å²) in [6.07, 6.45) is -4.37. The van der Waals surface area contributed by atoms with Crippen LogP contribution in [0.2, 0.25) is 5.02 Å². The number of alkyl halides is 3. The zero-order chi connectivity index (χ0) is 22.3. The summed E-state index contributed by atoms with van der Waals surface area (Å²) in [5.41, 5.74) is -1.13. The fraction of sp³-hybridized carbons (Fsp3) is 0.250. The van der Waals surface area contributed by atoms with Crippen LogP contribution >= 0.6 is 11.6 Å². The van der Waals surface area contributed by atoms with Crippen molar-refractivity contribution in [2.75, 3.05) is 18.5 Å². The van der Waals surface area contributed by atoms with Gasteiger partial charge in [0.25, 0.3) is 5.91 Å². The molecule has 0 heterocycles. The molecule has 1 amide bonds. The molecule has 0 saturated heterocycles. The van der Waals surface area contributed by atoms with Crippen molar-refractivity contribution in [1.29, 1.82) is 0 Å². The Morgan fingerprint density at radius 1 is 1.03 bits per heavy atom. The van der Waals surface area contributed by atoms with E-state index in [2.05, 4.69) is 4.74 Å². The Balaban J connectivity index is 1.84. The van der Waals surface area contributed by atoms with Gasteiger partial charge in [0.2, 0.25) is 0 Å². The van der Waals surface area contributed by atoms with Gasteiger partial charge in [-0.25, -0.2) is 4.79 Å². The maximum atomic E-state index is 13.0. The monoisotopic (exact) mass is 443 g/mol. The molecule has 0 aliphatic carbocycles. The molecule has 0 fully saturated rings. The van der Waals surface area contributed by atoms with E-state index in [0.717, 1.165) is 6.07 Å². The maximum Gasteiger partial charge on any atom is 0.418 e. The molecule has 2 rings (SSSR count). The lowest BCUT2D eigenvalue weighted by molar-refractivity contribution is -0.149. The quantitative estimate of drug-likeness (QED) is 0.479. The second-order valence-corrected chi connectivity index (χ2v) is 6.42. The van der Waals surface area contributed by atoms with Crippen LogP contribution < -0.4 is 10.1 Å². The third-order valence-corrected chi connectivity index (χ3v) is 4.01. The number of hydrogen-bond donors (Lipinski definition) is 1. The summed E-state index contributed by atoms with van der Waals surface area (Å²) in [7, 11) is 0. The molecule has 1 N–H and O–H groups in total. The van der Waals surface area contributed by atoms with Gasteiger partial charge in [-0.05, 0) is 42.5 Å². The summed E-state index contributed by atoms with van der Waals surface area (Å²) >= 11 is 5.57. The number of Topliss-reactive ketones (excluding diaryl/α,β-unsaturated/α-hetero) is 1. The van der Waals surface area contributed by atoms with Crippen LogP contribution in [0, 0.1) is 0 Å². The fourth-order valence-electron chi connectivity index (χ4n) is 2.32. The lowest BCUT2D eigenvalue weighted by Crippen LogP contribution is -2.24. The summed E-state index contributed by atoms with van der Waals surface area (Å²) in [5, 5.41) is 1.89. The van der Waals surface area contributed by atoms with Crippen LogP contribution in [0.4, 0.5) is 18.9 Å². The number of ketones is 1. The fourth-order valence-corrected chi connectivity index (χ4v) is 2.49. The van der Waals surface area contributed by atoms with Gasteiger partial charge in [-0.3, -0.25) is 9.59 Å². The van der Waals surface area contributed by atoms with Crippen molar-refractivity contribution in [3.8, 4) is 5.75 Å². The van der Waals surface area contributed by atoms with Crippen molar-refractivity contribution in [3.05, 3.63) is 58.6 Å². The highest BCUT2D eigenvalue weighted by Crippen LogP contribution is 2.36. The summed E-state index contributed by atoms with van der Waals surface area (Å²) in [6.45, 7) is 0.408. The molecule has 2 aromatic carbocycles. The highest BCUT2D eigenvalue weighted by atomic mass is 35.5. The standard InChI is InChI=1S/C20H17ClF3NO5/c1-2-17(26)12-3-6-14(7-4-12)29-11-19(28)30-10-18(27)25-16-8-5-13(21)9-15(16)20(22,23)24/h3-9H,2,10-11H2,1H3,(H,25,27). The van der Waals surface area contributed by atoms with Crippen molar-refractivity contribution < 1.29 is 37.0 Å². The zero-order valence-electron chi connectivity index (χ0n) is 15.7. The van der Waals surface area contributed by atoms with E-state index >= 15 is 0 Å². The van der Waals surface area contributed by atoms with Crippen molar-refractivity contribution in [1.82, 2.24) is 0 Å². The summed E-state index contributed by atoms with van der Waals surface area (Å²) < 4.78 is 48.9. The average Bonchev–Trinajstić information content (AvgIpc) is 2.71. The number of ether oxygens (including phenoxy) is 2. The Labute approximate surface area is 174 Å². The second kappa shape index (κ2) is 10.1. The molecule has 2 aromatic rings. The van der Waals surface area contributed by atoms with E-state index in [1.54, 1.807) is 19.1 Å². The number of nitrogens with one attached hydrogen (secondary N) is 1. The van der Waals surface area contributed by atoms with E-state index in [1.807, 2.05) is 5.32 Å². The molecule has 0 spiro atoms. The topological polar surface area (TPSA) is 81.7 Å². The number of carbonyl (C=O) groups is 3. The first-order chi connectivity index (χ1) is 14.1. The lowest BCUT2D eigenvalue weighted by Gasteiger charge is -2.14. The molecular formula is C20H17ClF3NO5. The van der Waals surface area contributed by atoms with Crippen LogP contribution in [-0.4, -0.2) is 30.9 Å². The Hall–Kier alpha value is -3.07. The molecule has 0 aliphatic rings. The van der Waals surface area contributed by atoms with E-state index in [0.29, 0.717) is 23.8 Å². The molecule has 10 heteroatoms. The third kappa shape index (κ3) is 6.77. The van der Waals surface area contributed by atoms with Crippen molar-refractivity contribution in [2.24, 2.45) is 0 Å². The Bertz CT molecular complexity index is 929. The zero-order valence-corrected chi connectivity index (χ0v) is 16.5. The molecule has 30 heavy (non-hydrogen) atoms. The highest BCUT2D eigenvalue weighted by molar-refractivity contribution is 6.30. The van der Waals surface area contributed by atoms with Crippen LogP contribution in [0.5, 0.6) is 5.75 Å². The molecule has 0 aliphatic heterocycles. The Kier molecular flexibility index (Phi) is 7.82. The maximum absolute atomic E-state index is 13.0. The number of amides is 1. The minimum Gasteiger partial charge on any atom is -0.482 e. The number of halogens is 4. The summed E-state index contributed by atoms with van der Waals surface area (Å²) in [6, 6.07) is 8.96. The molecule has 160 valence electrons. The van der Waals surface area contributed by atoms with Crippen LogP contribution in [-0.2, 0) is 20.5 Å². The van der Waals surface area contributed by atoms with Crippen LogP contribution in [0.25, 0.3) is 0 Å². The molecular weight excluding hydrogens is 427 g/mol.